The van der Waals surface area contributed by atoms with Crippen molar-refractivity contribution in [3.05, 3.63) is 35.6 Å². The molecule has 2 aromatic rings. The van der Waals surface area contributed by atoms with Crippen molar-refractivity contribution in [2.75, 3.05) is 0 Å². The van der Waals surface area contributed by atoms with Gasteiger partial charge >= 0.3 is 0 Å². The minimum absolute atomic E-state index is 0.0578. The number of aryl methyl sites for hydroxylation is 1. The number of furan rings is 1. The van der Waals surface area contributed by atoms with Crippen LogP contribution in [0, 0.1) is 12.3 Å². The Bertz CT molecular complexity index is 471. The molecule has 3 nitrogen and oxygen atoms in total. The van der Waals surface area contributed by atoms with Gasteiger partial charge in [-0.2, -0.15) is 0 Å². The van der Waals surface area contributed by atoms with Gasteiger partial charge in [0.05, 0.1) is 5.56 Å². The van der Waals surface area contributed by atoms with Crippen LogP contribution < -0.4 is 5.73 Å². The van der Waals surface area contributed by atoms with E-state index in [-0.39, 0.29) is 5.84 Å². The first-order valence-corrected chi connectivity index (χ1v) is 4.02. The Kier molecular flexibility index (Phi) is 1.59. The summed E-state index contributed by atoms with van der Waals surface area (Å²) in [6, 6.07) is 7.58. The summed E-state index contributed by atoms with van der Waals surface area (Å²) in [7, 11) is 0. The van der Waals surface area contributed by atoms with Crippen molar-refractivity contribution in [3.63, 3.8) is 0 Å². The third-order valence-electron chi connectivity index (χ3n) is 2.04. The molecule has 13 heavy (non-hydrogen) atoms. The van der Waals surface area contributed by atoms with E-state index in [1.807, 2.05) is 31.2 Å². The lowest BCUT2D eigenvalue weighted by atomic mass is 10.1. The molecule has 0 fully saturated rings. The van der Waals surface area contributed by atoms with E-state index in [4.69, 9.17) is 15.6 Å². The third-order valence-corrected chi connectivity index (χ3v) is 2.04. The van der Waals surface area contributed by atoms with Gasteiger partial charge in [0.25, 0.3) is 0 Å². The molecule has 0 saturated carbocycles. The lowest BCUT2D eigenvalue weighted by Crippen LogP contribution is -2.11. The molecule has 0 unspecified atom stereocenters. The van der Waals surface area contributed by atoms with Crippen LogP contribution in [0.25, 0.3) is 11.0 Å². The molecule has 3 heteroatoms. The average Bonchev–Trinajstić information content (AvgIpc) is 2.39. The molecule has 1 aromatic carbocycles. The Morgan fingerprint density at radius 3 is 2.77 bits per heavy atom. The average molecular weight is 174 g/mol. The maximum atomic E-state index is 7.39. The Morgan fingerprint density at radius 2 is 2.08 bits per heavy atom. The number of rotatable bonds is 1. The number of amidine groups is 1. The quantitative estimate of drug-likeness (QED) is 0.513. The standard InChI is InChI=1S/C10H10N2O/c1-6-9(10(11)12)7-4-2-3-5-8(7)13-6/h2-5H,1H3,(H3,11,12). The number of fused-ring (bicyclic) bond motifs is 1. The summed E-state index contributed by atoms with van der Waals surface area (Å²) < 4.78 is 5.44. The van der Waals surface area contributed by atoms with E-state index in [1.165, 1.54) is 0 Å². The first-order valence-electron chi connectivity index (χ1n) is 4.02. The topological polar surface area (TPSA) is 63.0 Å². The summed E-state index contributed by atoms with van der Waals surface area (Å²) in [5, 5.41) is 8.30. The minimum atomic E-state index is 0.0578. The number of nitrogen functional groups attached to an aromatic ring is 1. The van der Waals surface area contributed by atoms with E-state index in [9.17, 15) is 0 Å². The monoisotopic (exact) mass is 174 g/mol. The molecule has 0 bridgehead atoms. The Hall–Kier alpha value is -1.77. The number of hydrogen-bond acceptors (Lipinski definition) is 2. The SMILES string of the molecule is Cc1oc2ccccc2c1C(=N)N. The van der Waals surface area contributed by atoms with E-state index >= 15 is 0 Å². The van der Waals surface area contributed by atoms with Crippen molar-refractivity contribution in [1.82, 2.24) is 0 Å². The molecule has 1 aromatic heterocycles. The third kappa shape index (κ3) is 1.09. The molecule has 0 radical (unpaired) electrons. The van der Waals surface area contributed by atoms with Crippen molar-refractivity contribution >= 4 is 16.8 Å². The van der Waals surface area contributed by atoms with Gasteiger partial charge in [0, 0.05) is 5.39 Å². The number of para-hydroxylation sites is 1. The zero-order valence-electron chi connectivity index (χ0n) is 7.29. The largest absolute Gasteiger partial charge is 0.461 e. The second-order valence-electron chi connectivity index (χ2n) is 2.94. The van der Waals surface area contributed by atoms with E-state index in [2.05, 4.69) is 0 Å². The van der Waals surface area contributed by atoms with Crippen LogP contribution in [0.1, 0.15) is 11.3 Å². The molecule has 0 amide bonds. The van der Waals surface area contributed by atoms with Gasteiger partial charge in [-0.1, -0.05) is 18.2 Å². The lowest BCUT2D eigenvalue weighted by Gasteiger charge is -1.93. The molecule has 1 heterocycles. The molecule has 0 aliphatic rings. The molecule has 2 rings (SSSR count). The fraction of sp³-hybridized carbons (Fsp3) is 0.100. The smallest absolute Gasteiger partial charge is 0.135 e. The van der Waals surface area contributed by atoms with Crippen LogP contribution in [0.3, 0.4) is 0 Å². The fourth-order valence-electron chi connectivity index (χ4n) is 1.50. The number of benzene rings is 1. The van der Waals surface area contributed by atoms with Gasteiger partial charge in [-0.25, -0.2) is 0 Å². The lowest BCUT2D eigenvalue weighted by molar-refractivity contribution is 0.577. The highest BCUT2D eigenvalue weighted by atomic mass is 16.3. The van der Waals surface area contributed by atoms with Gasteiger partial charge in [-0.3, -0.25) is 5.41 Å². The van der Waals surface area contributed by atoms with Crippen LogP contribution in [0.15, 0.2) is 28.7 Å². The molecular formula is C10H10N2O. The van der Waals surface area contributed by atoms with Gasteiger partial charge in [0.2, 0.25) is 0 Å². The maximum Gasteiger partial charge on any atom is 0.135 e. The highest BCUT2D eigenvalue weighted by Crippen LogP contribution is 2.24. The van der Waals surface area contributed by atoms with Crippen LogP contribution in [0.4, 0.5) is 0 Å². The predicted octanol–water partition coefficient (Wildman–Crippen LogP) is 2.03. The summed E-state index contributed by atoms with van der Waals surface area (Å²) >= 11 is 0. The second-order valence-corrected chi connectivity index (χ2v) is 2.94. The molecule has 3 N–H and O–H groups in total. The summed E-state index contributed by atoms with van der Waals surface area (Å²) in [6.45, 7) is 1.82. The van der Waals surface area contributed by atoms with E-state index in [0.29, 0.717) is 11.3 Å². The maximum absolute atomic E-state index is 7.39. The van der Waals surface area contributed by atoms with E-state index in [0.717, 1.165) is 11.0 Å². The summed E-state index contributed by atoms with van der Waals surface area (Å²) in [6.07, 6.45) is 0. The van der Waals surface area contributed by atoms with Crippen molar-refractivity contribution in [3.8, 4) is 0 Å². The van der Waals surface area contributed by atoms with Crippen LogP contribution in [0.5, 0.6) is 0 Å². The predicted molar refractivity (Wildman–Crippen MR) is 52.0 cm³/mol. The van der Waals surface area contributed by atoms with Crippen molar-refractivity contribution in [1.29, 1.82) is 5.41 Å². The van der Waals surface area contributed by atoms with Crippen LogP contribution in [-0.2, 0) is 0 Å². The highest BCUT2D eigenvalue weighted by Gasteiger charge is 2.11. The molecule has 0 aliphatic heterocycles. The van der Waals surface area contributed by atoms with Crippen molar-refractivity contribution in [2.24, 2.45) is 5.73 Å². The Balaban J connectivity index is 2.86. The highest BCUT2D eigenvalue weighted by molar-refractivity contribution is 6.07. The molecule has 0 spiro atoms. The number of hydrogen-bond donors (Lipinski definition) is 2. The number of nitrogens with one attached hydrogen (secondary N) is 1. The number of nitrogens with two attached hydrogens (primary N) is 1. The summed E-state index contributed by atoms with van der Waals surface area (Å²) in [5.74, 6) is 0.760. The molecular weight excluding hydrogens is 164 g/mol. The molecule has 66 valence electrons. The van der Waals surface area contributed by atoms with E-state index < -0.39 is 0 Å². The first-order chi connectivity index (χ1) is 6.20. The van der Waals surface area contributed by atoms with Gasteiger partial charge in [0.1, 0.15) is 17.2 Å². The van der Waals surface area contributed by atoms with Gasteiger partial charge in [-0.15, -0.1) is 0 Å². The summed E-state index contributed by atoms with van der Waals surface area (Å²) in [5.41, 5.74) is 6.94. The van der Waals surface area contributed by atoms with Crippen LogP contribution in [0.2, 0.25) is 0 Å². The fourth-order valence-corrected chi connectivity index (χ4v) is 1.50. The first kappa shape index (κ1) is 7.86. The van der Waals surface area contributed by atoms with Crippen LogP contribution in [-0.4, -0.2) is 5.84 Å². The molecule has 0 atom stereocenters. The van der Waals surface area contributed by atoms with Crippen LogP contribution >= 0.6 is 0 Å². The second kappa shape index (κ2) is 2.62. The normalized spacial score (nSPS) is 10.5. The molecule has 0 aliphatic carbocycles. The van der Waals surface area contributed by atoms with Crippen molar-refractivity contribution < 1.29 is 4.42 Å². The van der Waals surface area contributed by atoms with Gasteiger partial charge in [0.15, 0.2) is 0 Å². The van der Waals surface area contributed by atoms with Gasteiger partial charge < -0.3 is 10.2 Å². The molecule has 0 saturated heterocycles. The van der Waals surface area contributed by atoms with E-state index in [1.54, 1.807) is 0 Å². The Labute approximate surface area is 75.7 Å². The zero-order chi connectivity index (χ0) is 9.42. The zero-order valence-corrected chi connectivity index (χ0v) is 7.29. The minimum Gasteiger partial charge on any atom is -0.461 e. The Morgan fingerprint density at radius 1 is 1.38 bits per heavy atom. The van der Waals surface area contributed by atoms with Gasteiger partial charge in [-0.05, 0) is 13.0 Å². The van der Waals surface area contributed by atoms with Crippen molar-refractivity contribution in [2.45, 2.75) is 6.92 Å². The summed E-state index contributed by atoms with van der Waals surface area (Å²) in [4.78, 5) is 0.